The van der Waals surface area contributed by atoms with E-state index in [1.807, 2.05) is 0 Å². The van der Waals surface area contributed by atoms with Crippen LogP contribution in [0, 0.1) is 0 Å². The van der Waals surface area contributed by atoms with Crippen molar-refractivity contribution in [1.29, 1.82) is 0 Å². The van der Waals surface area contributed by atoms with Crippen molar-refractivity contribution < 1.29 is 0 Å². The van der Waals surface area contributed by atoms with Gasteiger partial charge in [0.1, 0.15) is 0 Å². The maximum atomic E-state index is 6.01. The summed E-state index contributed by atoms with van der Waals surface area (Å²) in [4.78, 5) is 8.73. The molecule has 1 saturated heterocycles. The van der Waals surface area contributed by atoms with Crippen molar-refractivity contribution in [1.82, 2.24) is 9.88 Å². The van der Waals surface area contributed by atoms with E-state index in [-0.39, 0.29) is 0 Å². The summed E-state index contributed by atoms with van der Waals surface area (Å²) in [5, 5.41) is 0. The average molecular weight is 299 g/mol. The van der Waals surface area contributed by atoms with E-state index >= 15 is 0 Å². The number of hydrogen-bond acceptors (Lipinski definition) is 4. The Labute approximate surface area is 111 Å². The van der Waals surface area contributed by atoms with E-state index in [4.69, 9.17) is 5.73 Å². The second kappa shape index (κ2) is 5.23. The van der Waals surface area contributed by atoms with Crippen LogP contribution < -0.4 is 10.6 Å². The molecule has 0 amide bonds. The zero-order valence-corrected chi connectivity index (χ0v) is 11.9. The van der Waals surface area contributed by atoms with Crippen molar-refractivity contribution >= 4 is 27.3 Å². The number of anilines is 2. The molecule has 0 radical (unpaired) electrons. The predicted octanol–water partition coefficient (Wildman–Crippen LogP) is 1.96. The van der Waals surface area contributed by atoms with Gasteiger partial charge in [-0.25, -0.2) is 0 Å². The van der Waals surface area contributed by atoms with Gasteiger partial charge in [0.2, 0.25) is 0 Å². The van der Waals surface area contributed by atoms with Crippen molar-refractivity contribution in [3.05, 3.63) is 16.9 Å². The van der Waals surface area contributed by atoms with E-state index in [0.29, 0.717) is 6.04 Å². The third kappa shape index (κ3) is 2.72. The number of rotatable bonds is 2. The first-order valence-electron chi connectivity index (χ1n) is 5.90. The molecule has 1 aliphatic heterocycles. The van der Waals surface area contributed by atoms with Crippen LogP contribution in [0.2, 0.25) is 0 Å². The number of nitrogen functional groups attached to an aromatic ring is 1. The first kappa shape index (κ1) is 12.6. The highest BCUT2D eigenvalue weighted by Gasteiger charge is 2.23. The van der Waals surface area contributed by atoms with Crippen LogP contribution in [-0.2, 0) is 0 Å². The number of aromatic nitrogens is 1. The smallest absolute Gasteiger partial charge is 0.0775 e. The van der Waals surface area contributed by atoms with E-state index in [9.17, 15) is 0 Å². The summed E-state index contributed by atoms with van der Waals surface area (Å²) < 4.78 is 0.971. The standard InChI is InChI=1S/C12H19BrN4/c1-16-5-3-9(4-6-16)17(2)12-10(13)7-15-8-11(12)14/h7-9H,3-6,14H2,1-2H3. The lowest BCUT2D eigenvalue weighted by atomic mass is 10.0. The van der Waals surface area contributed by atoms with Crippen molar-refractivity contribution in [3.8, 4) is 0 Å². The van der Waals surface area contributed by atoms with Gasteiger partial charge in [0.05, 0.1) is 22.0 Å². The van der Waals surface area contributed by atoms with Crippen LogP contribution in [0.1, 0.15) is 12.8 Å². The van der Waals surface area contributed by atoms with Crippen LogP contribution in [0.15, 0.2) is 16.9 Å². The van der Waals surface area contributed by atoms with E-state index in [0.717, 1.165) is 28.9 Å². The Morgan fingerprint density at radius 2 is 2.06 bits per heavy atom. The molecule has 1 aliphatic rings. The molecule has 1 aromatic heterocycles. The van der Waals surface area contributed by atoms with Gasteiger partial charge in [0.15, 0.2) is 0 Å². The zero-order valence-electron chi connectivity index (χ0n) is 10.4. The van der Waals surface area contributed by atoms with Crippen LogP contribution in [0.5, 0.6) is 0 Å². The molecule has 5 heteroatoms. The lowest BCUT2D eigenvalue weighted by Gasteiger charge is -2.37. The van der Waals surface area contributed by atoms with Crippen molar-refractivity contribution in [2.75, 3.05) is 37.8 Å². The summed E-state index contributed by atoms with van der Waals surface area (Å²) >= 11 is 3.53. The zero-order chi connectivity index (χ0) is 12.4. The molecule has 0 bridgehead atoms. The first-order valence-corrected chi connectivity index (χ1v) is 6.69. The largest absolute Gasteiger partial charge is 0.396 e. The van der Waals surface area contributed by atoms with Crippen molar-refractivity contribution in [3.63, 3.8) is 0 Å². The molecule has 94 valence electrons. The Hall–Kier alpha value is -0.810. The third-order valence-electron chi connectivity index (χ3n) is 3.49. The fourth-order valence-corrected chi connectivity index (χ4v) is 3.01. The molecule has 4 nitrogen and oxygen atoms in total. The molecule has 1 aromatic rings. The van der Waals surface area contributed by atoms with Gasteiger partial charge in [-0.1, -0.05) is 0 Å². The van der Waals surface area contributed by atoms with Crippen molar-refractivity contribution in [2.45, 2.75) is 18.9 Å². The normalized spacial score (nSPS) is 18.3. The van der Waals surface area contributed by atoms with E-state index in [2.05, 4.69) is 44.8 Å². The Balaban J connectivity index is 2.16. The highest BCUT2D eigenvalue weighted by molar-refractivity contribution is 9.10. The molecule has 2 rings (SSSR count). The lowest BCUT2D eigenvalue weighted by Crippen LogP contribution is -2.42. The highest BCUT2D eigenvalue weighted by atomic mass is 79.9. The number of hydrogen-bond donors (Lipinski definition) is 1. The number of halogens is 1. The molecule has 1 fully saturated rings. The summed E-state index contributed by atoms with van der Waals surface area (Å²) in [5.41, 5.74) is 7.81. The van der Waals surface area contributed by atoms with Gasteiger partial charge in [-0.05, 0) is 48.9 Å². The van der Waals surface area contributed by atoms with Gasteiger partial charge in [0.25, 0.3) is 0 Å². The fraction of sp³-hybridized carbons (Fsp3) is 0.583. The Kier molecular flexibility index (Phi) is 3.89. The predicted molar refractivity (Wildman–Crippen MR) is 75.3 cm³/mol. The summed E-state index contributed by atoms with van der Waals surface area (Å²) in [5.74, 6) is 0. The Morgan fingerprint density at radius 1 is 1.41 bits per heavy atom. The van der Waals surface area contributed by atoms with Gasteiger partial charge >= 0.3 is 0 Å². The summed E-state index contributed by atoms with van der Waals surface area (Å²) in [6.07, 6.45) is 5.88. The van der Waals surface area contributed by atoms with E-state index < -0.39 is 0 Å². The van der Waals surface area contributed by atoms with Crippen LogP contribution in [-0.4, -0.2) is 43.1 Å². The van der Waals surface area contributed by atoms with Crippen molar-refractivity contribution in [2.24, 2.45) is 0 Å². The molecule has 0 spiro atoms. The third-order valence-corrected chi connectivity index (χ3v) is 4.07. The van der Waals surface area contributed by atoms with Gasteiger partial charge in [0, 0.05) is 19.3 Å². The Bertz CT molecular complexity index is 368. The first-order chi connectivity index (χ1) is 8.09. The molecule has 17 heavy (non-hydrogen) atoms. The lowest BCUT2D eigenvalue weighted by molar-refractivity contribution is 0.253. The van der Waals surface area contributed by atoms with Crippen LogP contribution >= 0.6 is 15.9 Å². The molecule has 0 aromatic carbocycles. The fourth-order valence-electron chi connectivity index (χ4n) is 2.38. The molecular weight excluding hydrogens is 280 g/mol. The maximum absolute atomic E-state index is 6.01. The van der Waals surface area contributed by atoms with Gasteiger partial charge in [-0.2, -0.15) is 0 Å². The molecule has 2 N–H and O–H groups in total. The van der Waals surface area contributed by atoms with E-state index in [1.54, 1.807) is 12.4 Å². The molecule has 0 unspecified atom stereocenters. The van der Waals surface area contributed by atoms with Crippen LogP contribution in [0.25, 0.3) is 0 Å². The second-order valence-electron chi connectivity index (χ2n) is 4.70. The minimum atomic E-state index is 0.562. The van der Waals surface area contributed by atoms with Crippen LogP contribution in [0.4, 0.5) is 11.4 Å². The second-order valence-corrected chi connectivity index (χ2v) is 5.56. The number of nitrogens with two attached hydrogens (primary N) is 1. The maximum Gasteiger partial charge on any atom is 0.0775 e. The quantitative estimate of drug-likeness (QED) is 0.907. The summed E-state index contributed by atoms with van der Waals surface area (Å²) in [6, 6.07) is 0.562. The summed E-state index contributed by atoms with van der Waals surface area (Å²) in [6.45, 7) is 2.30. The minimum absolute atomic E-state index is 0.562. The minimum Gasteiger partial charge on any atom is -0.396 e. The Morgan fingerprint density at radius 3 is 2.65 bits per heavy atom. The highest BCUT2D eigenvalue weighted by Crippen LogP contribution is 2.33. The van der Waals surface area contributed by atoms with Gasteiger partial charge in [-0.15, -0.1) is 0 Å². The molecule has 0 atom stereocenters. The van der Waals surface area contributed by atoms with Crippen LogP contribution in [0.3, 0.4) is 0 Å². The molecule has 2 heterocycles. The number of pyridine rings is 1. The average Bonchev–Trinajstić information content (AvgIpc) is 2.29. The topological polar surface area (TPSA) is 45.4 Å². The molecule has 0 aliphatic carbocycles. The number of nitrogens with zero attached hydrogens (tertiary/aromatic N) is 3. The summed E-state index contributed by atoms with van der Waals surface area (Å²) in [7, 11) is 4.29. The number of likely N-dealkylation sites (tertiary alicyclic amines) is 1. The molecule has 0 saturated carbocycles. The number of piperidine rings is 1. The van der Waals surface area contributed by atoms with E-state index in [1.165, 1.54) is 12.8 Å². The van der Waals surface area contributed by atoms with Gasteiger partial charge < -0.3 is 15.5 Å². The van der Waals surface area contributed by atoms with Gasteiger partial charge in [-0.3, -0.25) is 4.98 Å². The monoisotopic (exact) mass is 298 g/mol. The molecular formula is C12H19BrN4. The SMILES string of the molecule is CN1CCC(N(C)c2c(N)cncc2Br)CC1.